The van der Waals surface area contributed by atoms with E-state index in [-0.39, 0.29) is 0 Å². The number of nitrogens with two attached hydrogens (primary N) is 2. The Morgan fingerprint density at radius 2 is 2.21 bits per heavy atom. The summed E-state index contributed by atoms with van der Waals surface area (Å²) in [5.74, 6) is 1.20. The quantitative estimate of drug-likeness (QED) is 0.708. The molecule has 1 aromatic heterocycles. The van der Waals surface area contributed by atoms with Crippen molar-refractivity contribution < 1.29 is 0 Å². The van der Waals surface area contributed by atoms with Crippen LogP contribution in [0.25, 0.3) is 0 Å². The van der Waals surface area contributed by atoms with Crippen molar-refractivity contribution in [2.45, 2.75) is 38.1 Å². The van der Waals surface area contributed by atoms with Crippen molar-refractivity contribution in [2.24, 2.45) is 5.73 Å². The molecule has 1 saturated carbocycles. The van der Waals surface area contributed by atoms with Gasteiger partial charge in [0.05, 0.1) is 0 Å². The van der Waals surface area contributed by atoms with Gasteiger partial charge >= 0.3 is 0 Å². The second kappa shape index (κ2) is 3.58. The molecule has 76 valence electrons. The van der Waals surface area contributed by atoms with Crippen LogP contribution in [0.4, 0.5) is 5.82 Å². The van der Waals surface area contributed by atoms with Crippen LogP contribution in [-0.4, -0.2) is 11.0 Å². The van der Waals surface area contributed by atoms with Gasteiger partial charge in [-0.25, -0.2) is 4.98 Å². The van der Waals surface area contributed by atoms with Crippen LogP contribution < -0.4 is 11.5 Å². The molecule has 0 radical (unpaired) electrons. The molecule has 0 aliphatic heterocycles. The first kappa shape index (κ1) is 9.46. The van der Waals surface area contributed by atoms with E-state index in [0.717, 1.165) is 19.3 Å². The zero-order valence-corrected chi connectivity index (χ0v) is 8.53. The van der Waals surface area contributed by atoms with E-state index >= 15 is 0 Å². The Labute approximate surface area is 84.5 Å². The fourth-order valence-electron chi connectivity index (χ4n) is 2.23. The highest BCUT2D eigenvalue weighted by Crippen LogP contribution is 2.35. The molecule has 1 aromatic rings. The molecule has 1 aliphatic carbocycles. The zero-order chi connectivity index (χ0) is 10.1. The molecule has 4 N–H and O–H groups in total. The number of pyridine rings is 1. The molecule has 14 heavy (non-hydrogen) atoms. The van der Waals surface area contributed by atoms with E-state index in [2.05, 4.69) is 11.1 Å². The maximum Gasteiger partial charge on any atom is 0.126 e. The Balaban J connectivity index is 2.27. The summed E-state index contributed by atoms with van der Waals surface area (Å²) in [5, 5.41) is 0. The second-order valence-electron chi connectivity index (χ2n) is 4.26. The number of anilines is 1. The molecule has 0 amide bonds. The number of nitrogen functional groups attached to an aromatic ring is 1. The number of rotatable bonds is 1. The fourth-order valence-corrected chi connectivity index (χ4v) is 2.23. The van der Waals surface area contributed by atoms with Gasteiger partial charge in [-0.15, -0.1) is 0 Å². The number of aryl methyl sites for hydroxylation is 1. The normalized spacial score (nSPS) is 26.7. The van der Waals surface area contributed by atoms with Gasteiger partial charge in [-0.3, -0.25) is 0 Å². The molecule has 0 aromatic carbocycles. The summed E-state index contributed by atoms with van der Waals surface area (Å²) in [6.07, 6.45) is 5.12. The third kappa shape index (κ3) is 1.73. The van der Waals surface area contributed by atoms with Crippen LogP contribution in [0.5, 0.6) is 0 Å². The van der Waals surface area contributed by atoms with Gasteiger partial charge in [0.1, 0.15) is 5.82 Å². The lowest BCUT2D eigenvalue weighted by Gasteiger charge is -2.12. The number of hydrogen-bond donors (Lipinski definition) is 2. The van der Waals surface area contributed by atoms with E-state index in [1.807, 2.05) is 13.1 Å². The molecule has 2 unspecified atom stereocenters. The van der Waals surface area contributed by atoms with E-state index in [9.17, 15) is 0 Å². The highest BCUT2D eigenvalue weighted by molar-refractivity contribution is 5.43. The summed E-state index contributed by atoms with van der Waals surface area (Å²) in [4.78, 5) is 4.19. The van der Waals surface area contributed by atoms with Gasteiger partial charge in [0.15, 0.2) is 0 Å². The van der Waals surface area contributed by atoms with Crippen LogP contribution in [-0.2, 0) is 0 Å². The molecule has 3 nitrogen and oxygen atoms in total. The first-order chi connectivity index (χ1) is 6.66. The Morgan fingerprint density at radius 3 is 2.86 bits per heavy atom. The minimum Gasteiger partial charge on any atom is -0.383 e. The monoisotopic (exact) mass is 191 g/mol. The Morgan fingerprint density at radius 1 is 1.43 bits per heavy atom. The molecule has 2 atom stereocenters. The molecule has 0 saturated heterocycles. The van der Waals surface area contributed by atoms with Crippen molar-refractivity contribution in [3.63, 3.8) is 0 Å². The van der Waals surface area contributed by atoms with Crippen molar-refractivity contribution in [1.29, 1.82) is 0 Å². The van der Waals surface area contributed by atoms with Crippen molar-refractivity contribution in [3.05, 3.63) is 23.4 Å². The molecule has 3 heteroatoms. The van der Waals surface area contributed by atoms with Gasteiger partial charge in [0.25, 0.3) is 0 Å². The fraction of sp³-hybridized carbons (Fsp3) is 0.545. The molecule has 2 rings (SSSR count). The molecular weight excluding hydrogens is 174 g/mol. The Hall–Kier alpha value is -1.09. The Bertz CT molecular complexity index is 335. The van der Waals surface area contributed by atoms with E-state index in [1.165, 1.54) is 11.1 Å². The molecule has 1 heterocycles. The van der Waals surface area contributed by atoms with Crippen molar-refractivity contribution in [2.75, 3.05) is 5.73 Å². The second-order valence-corrected chi connectivity index (χ2v) is 4.26. The highest BCUT2D eigenvalue weighted by Gasteiger charge is 2.24. The summed E-state index contributed by atoms with van der Waals surface area (Å²) < 4.78 is 0. The third-order valence-corrected chi connectivity index (χ3v) is 3.00. The van der Waals surface area contributed by atoms with Crippen molar-refractivity contribution in [3.8, 4) is 0 Å². The molecular formula is C11H17N3. The zero-order valence-electron chi connectivity index (χ0n) is 8.53. The lowest BCUT2D eigenvalue weighted by molar-refractivity contribution is 0.674. The molecule has 1 aliphatic rings. The molecule has 0 bridgehead atoms. The maximum atomic E-state index is 5.89. The van der Waals surface area contributed by atoms with Crippen LogP contribution >= 0.6 is 0 Å². The predicted molar refractivity (Wildman–Crippen MR) is 58.0 cm³/mol. The molecule has 1 fully saturated rings. The van der Waals surface area contributed by atoms with Gasteiger partial charge in [-0.1, -0.05) is 6.07 Å². The summed E-state index contributed by atoms with van der Waals surface area (Å²) in [6, 6.07) is 2.49. The summed E-state index contributed by atoms with van der Waals surface area (Å²) in [7, 11) is 0. The van der Waals surface area contributed by atoms with Gasteiger partial charge in [0.2, 0.25) is 0 Å². The average Bonchev–Trinajstić information content (AvgIpc) is 2.56. The van der Waals surface area contributed by atoms with E-state index < -0.39 is 0 Å². The Kier molecular flexibility index (Phi) is 2.42. The van der Waals surface area contributed by atoms with Crippen LogP contribution in [0.2, 0.25) is 0 Å². The SMILES string of the molecule is Cc1cnc(N)c(C2CCC(N)C2)c1. The lowest BCUT2D eigenvalue weighted by Crippen LogP contribution is -2.14. The predicted octanol–water partition coefficient (Wildman–Crippen LogP) is 1.57. The van der Waals surface area contributed by atoms with Gasteiger partial charge in [-0.05, 0) is 43.2 Å². The topological polar surface area (TPSA) is 64.9 Å². The number of hydrogen-bond acceptors (Lipinski definition) is 3. The lowest BCUT2D eigenvalue weighted by atomic mass is 9.97. The van der Waals surface area contributed by atoms with Crippen LogP contribution in [0.1, 0.15) is 36.3 Å². The minimum atomic E-state index is 0.347. The van der Waals surface area contributed by atoms with Crippen LogP contribution in [0.15, 0.2) is 12.3 Å². The van der Waals surface area contributed by atoms with Gasteiger partial charge in [-0.2, -0.15) is 0 Å². The van der Waals surface area contributed by atoms with Gasteiger partial charge < -0.3 is 11.5 Å². The van der Waals surface area contributed by atoms with Crippen molar-refractivity contribution >= 4 is 5.82 Å². The van der Waals surface area contributed by atoms with E-state index in [4.69, 9.17) is 11.5 Å². The van der Waals surface area contributed by atoms with E-state index in [0.29, 0.717) is 17.8 Å². The standard InChI is InChI=1S/C11H17N3/c1-7-4-10(11(13)14-6-7)8-2-3-9(12)5-8/h4,6,8-9H,2-3,5,12H2,1H3,(H2,13,14). The van der Waals surface area contributed by atoms with Crippen LogP contribution in [0.3, 0.4) is 0 Å². The first-order valence-electron chi connectivity index (χ1n) is 5.14. The number of aromatic nitrogens is 1. The van der Waals surface area contributed by atoms with Crippen molar-refractivity contribution in [1.82, 2.24) is 4.98 Å². The first-order valence-corrected chi connectivity index (χ1v) is 5.14. The summed E-state index contributed by atoms with van der Waals surface area (Å²) in [5.41, 5.74) is 14.1. The summed E-state index contributed by atoms with van der Waals surface area (Å²) in [6.45, 7) is 2.05. The van der Waals surface area contributed by atoms with E-state index in [1.54, 1.807) is 0 Å². The maximum absolute atomic E-state index is 5.89. The highest BCUT2D eigenvalue weighted by atomic mass is 14.8. The molecule has 0 spiro atoms. The minimum absolute atomic E-state index is 0.347. The number of nitrogens with zero attached hydrogens (tertiary/aromatic N) is 1. The summed E-state index contributed by atoms with van der Waals surface area (Å²) >= 11 is 0. The third-order valence-electron chi connectivity index (χ3n) is 3.00. The van der Waals surface area contributed by atoms with Crippen LogP contribution in [0, 0.1) is 6.92 Å². The largest absolute Gasteiger partial charge is 0.383 e. The average molecular weight is 191 g/mol. The van der Waals surface area contributed by atoms with Gasteiger partial charge in [0, 0.05) is 12.2 Å². The smallest absolute Gasteiger partial charge is 0.126 e.